The van der Waals surface area contributed by atoms with E-state index in [0.717, 1.165) is 20.3 Å². The maximum atomic E-state index is 12.6. The van der Waals surface area contributed by atoms with Gasteiger partial charge in [0.1, 0.15) is 6.04 Å². The molecule has 120 valence electrons. The molecule has 1 amide bonds. The number of para-hydroxylation sites is 1. The van der Waals surface area contributed by atoms with Gasteiger partial charge in [0.15, 0.2) is 5.78 Å². The molecule has 0 saturated carbocycles. The SMILES string of the molecule is COC(=O)/C=C(/C(=O)OC)C1C(=O)c2ccccc2N1C(C)=O. The van der Waals surface area contributed by atoms with E-state index < -0.39 is 29.7 Å². The number of Topliss-reactive ketones (excluding diaryl/α,β-unsaturated/α-hetero) is 1. The van der Waals surface area contributed by atoms with Gasteiger partial charge >= 0.3 is 11.9 Å². The van der Waals surface area contributed by atoms with Crippen molar-refractivity contribution in [2.45, 2.75) is 13.0 Å². The van der Waals surface area contributed by atoms with E-state index in [1.165, 1.54) is 11.8 Å². The molecule has 0 bridgehead atoms. The molecule has 7 nitrogen and oxygen atoms in total. The van der Waals surface area contributed by atoms with Crippen molar-refractivity contribution in [3.8, 4) is 0 Å². The number of ketones is 1. The van der Waals surface area contributed by atoms with Crippen LogP contribution in [-0.4, -0.2) is 43.9 Å². The van der Waals surface area contributed by atoms with Crippen molar-refractivity contribution in [2.75, 3.05) is 19.1 Å². The number of nitrogens with zero attached hydrogens (tertiary/aromatic N) is 1. The molecule has 0 saturated heterocycles. The Bertz CT molecular complexity index is 721. The summed E-state index contributed by atoms with van der Waals surface area (Å²) in [7, 11) is 2.26. The molecule has 1 aromatic carbocycles. The topological polar surface area (TPSA) is 90.0 Å². The number of benzene rings is 1. The maximum Gasteiger partial charge on any atom is 0.336 e. The van der Waals surface area contributed by atoms with Gasteiger partial charge in [0.05, 0.1) is 25.5 Å². The van der Waals surface area contributed by atoms with E-state index in [0.29, 0.717) is 11.3 Å². The summed E-state index contributed by atoms with van der Waals surface area (Å²) in [6.45, 7) is 1.27. The quantitative estimate of drug-likeness (QED) is 0.607. The number of ether oxygens (including phenoxy) is 2. The molecule has 1 aliphatic rings. The smallest absolute Gasteiger partial charge is 0.336 e. The van der Waals surface area contributed by atoms with Crippen LogP contribution in [0.4, 0.5) is 5.69 Å². The zero-order chi connectivity index (χ0) is 17.1. The highest BCUT2D eigenvalue weighted by molar-refractivity contribution is 6.22. The van der Waals surface area contributed by atoms with Crippen LogP contribution >= 0.6 is 0 Å². The summed E-state index contributed by atoms with van der Waals surface area (Å²) in [6, 6.07) is 5.23. The molecule has 0 N–H and O–H groups in total. The van der Waals surface area contributed by atoms with Gasteiger partial charge in [0.2, 0.25) is 5.91 Å². The Morgan fingerprint density at radius 2 is 1.78 bits per heavy atom. The van der Waals surface area contributed by atoms with Crippen molar-refractivity contribution in [2.24, 2.45) is 0 Å². The van der Waals surface area contributed by atoms with Gasteiger partial charge in [-0.2, -0.15) is 0 Å². The number of carbonyl (C=O) groups is 4. The number of methoxy groups -OCH3 is 2. The third-order valence-corrected chi connectivity index (χ3v) is 3.47. The lowest BCUT2D eigenvalue weighted by Crippen LogP contribution is -2.42. The number of esters is 2. The highest BCUT2D eigenvalue weighted by atomic mass is 16.5. The third-order valence-electron chi connectivity index (χ3n) is 3.47. The minimum absolute atomic E-state index is 0.254. The summed E-state index contributed by atoms with van der Waals surface area (Å²) in [5.74, 6) is -2.60. The van der Waals surface area contributed by atoms with E-state index >= 15 is 0 Å². The molecule has 7 heteroatoms. The maximum absolute atomic E-state index is 12.6. The Balaban J connectivity index is 2.61. The number of carbonyl (C=O) groups excluding carboxylic acids is 4. The summed E-state index contributed by atoms with van der Waals surface area (Å²) in [6.07, 6.45) is 0.871. The van der Waals surface area contributed by atoms with Gasteiger partial charge in [-0.15, -0.1) is 0 Å². The average Bonchev–Trinajstić information content (AvgIpc) is 2.85. The number of amides is 1. The van der Waals surface area contributed by atoms with Crippen molar-refractivity contribution >= 4 is 29.3 Å². The zero-order valence-electron chi connectivity index (χ0n) is 12.9. The minimum Gasteiger partial charge on any atom is -0.466 e. The Kier molecular flexibility index (Phi) is 4.59. The molecular weight excluding hydrogens is 302 g/mol. The number of fused-ring (bicyclic) bond motifs is 1. The fourth-order valence-electron chi connectivity index (χ4n) is 2.48. The monoisotopic (exact) mass is 317 g/mol. The Morgan fingerprint density at radius 1 is 1.13 bits per heavy atom. The second-order valence-electron chi connectivity index (χ2n) is 4.79. The minimum atomic E-state index is -1.25. The van der Waals surface area contributed by atoms with Crippen LogP contribution in [0.15, 0.2) is 35.9 Å². The van der Waals surface area contributed by atoms with Crippen molar-refractivity contribution < 1.29 is 28.7 Å². The molecule has 1 atom stereocenters. The van der Waals surface area contributed by atoms with E-state index in [1.54, 1.807) is 24.3 Å². The fourth-order valence-corrected chi connectivity index (χ4v) is 2.48. The van der Waals surface area contributed by atoms with Crippen LogP contribution in [0.5, 0.6) is 0 Å². The van der Waals surface area contributed by atoms with Gasteiger partial charge in [-0.25, -0.2) is 9.59 Å². The van der Waals surface area contributed by atoms with Crippen molar-refractivity contribution in [3.05, 3.63) is 41.5 Å². The van der Waals surface area contributed by atoms with E-state index in [9.17, 15) is 19.2 Å². The molecule has 2 rings (SSSR count). The summed E-state index contributed by atoms with van der Waals surface area (Å²) in [5.41, 5.74) is 0.429. The molecule has 0 radical (unpaired) electrons. The van der Waals surface area contributed by atoms with Gasteiger partial charge < -0.3 is 9.47 Å². The molecule has 0 aromatic heterocycles. The van der Waals surface area contributed by atoms with Crippen LogP contribution in [0, 0.1) is 0 Å². The summed E-state index contributed by atoms with van der Waals surface area (Å²) >= 11 is 0. The first-order valence-electron chi connectivity index (χ1n) is 6.73. The standard InChI is InChI=1S/C16H15NO6/c1-9(18)17-12-7-5-4-6-10(12)15(20)14(17)11(16(21)23-3)8-13(19)22-2/h4-8,14H,1-3H3/b11-8+. The molecular formula is C16H15NO6. The number of hydrogen-bond acceptors (Lipinski definition) is 6. The van der Waals surface area contributed by atoms with E-state index in [4.69, 9.17) is 0 Å². The predicted molar refractivity (Wildman–Crippen MR) is 79.8 cm³/mol. The fraction of sp³-hybridized carbons (Fsp3) is 0.250. The van der Waals surface area contributed by atoms with Crippen LogP contribution in [-0.2, 0) is 23.9 Å². The summed E-state index contributed by atoms with van der Waals surface area (Å²) < 4.78 is 9.15. The lowest BCUT2D eigenvalue weighted by molar-refractivity contribution is -0.138. The largest absolute Gasteiger partial charge is 0.466 e. The summed E-state index contributed by atoms with van der Waals surface area (Å²) in [4.78, 5) is 49.4. The van der Waals surface area contributed by atoms with Gasteiger partial charge in [0.25, 0.3) is 0 Å². The normalized spacial score (nSPS) is 16.8. The van der Waals surface area contributed by atoms with Crippen molar-refractivity contribution in [1.82, 2.24) is 0 Å². The number of rotatable bonds is 3. The first-order chi connectivity index (χ1) is 10.9. The van der Waals surface area contributed by atoms with Crippen molar-refractivity contribution in [3.63, 3.8) is 0 Å². The second-order valence-corrected chi connectivity index (χ2v) is 4.79. The van der Waals surface area contributed by atoms with Gasteiger partial charge in [-0.1, -0.05) is 12.1 Å². The average molecular weight is 317 g/mol. The molecule has 0 spiro atoms. The number of anilines is 1. The number of hydrogen-bond donors (Lipinski definition) is 0. The first-order valence-corrected chi connectivity index (χ1v) is 6.73. The Labute approximate surface area is 132 Å². The first kappa shape index (κ1) is 16.4. The van der Waals surface area contributed by atoms with Gasteiger partial charge in [-0.05, 0) is 12.1 Å². The molecule has 0 fully saturated rings. The molecule has 23 heavy (non-hydrogen) atoms. The highest BCUT2D eigenvalue weighted by Gasteiger charge is 2.44. The van der Waals surface area contributed by atoms with E-state index in [1.807, 2.05) is 0 Å². The van der Waals surface area contributed by atoms with Crippen molar-refractivity contribution in [1.29, 1.82) is 0 Å². The van der Waals surface area contributed by atoms with E-state index in [2.05, 4.69) is 9.47 Å². The molecule has 1 aliphatic heterocycles. The highest BCUT2D eigenvalue weighted by Crippen LogP contribution is 2.35. The predicted octanol–water partition coefficient (Wildman–Crippen LogP) is 0.877. The van der Waals surface area contributed by atoms with Crippen LogP contribution < -0.4 is 4.90 Å². The van der Waals surface area contributed by atoms with Crippen LogP contribution in [0.1, 0.15) is 17.3 Å². The Morgan fingerprint density at radius 3 is 2.35 bits per heavy atom. The van der Waals surface area contributed by atoms with E-state index in [-0.39, 0.29) is 5.57 Å². The zero-order valence-corrected chi connectivity index (χ0v) is 12.9. The van der Waals surface area contributed by atoms with Crippen LogP contribution in [0.25, 0.3) is 0 Å². The van der Waals surface area contributed by atoms with Crippen LogP contribution in [0.2, 0.25) is 0 Å². The lowest BCUT2D eigenvalue weighted by atomic mass is 10.0. The third kappa shape index (κ3) is 2.85. The van der Waals surface area contributed by atoms with Gasteiger partial charge in [-0.3, -0.25) is 14.5 Å². The lowest BCUT2D eigenvalue weighted by Gasteiger charge is -2.23. The molecule has 1 heterocycles. The second kappa shape index (κ2) is 6.43. The van der Waals surface area contributed by atoms with Gasteiger partial charge in [0, 0.05) is 18.6 Å². The Hall–Kier alpha value is -2.96. The summed E-state index contributed by atoms with van der Waals surface area (Å²) in [5, 5.41) is 0. The molecule has 1 aromatic rings. The molecule has 1 unspecified atom stereocenters. The van der Waals surface area contributed by atoms with Crippen LogP contribution in [0.3, 0.4) is 0 Å². The molecule has 0 aliphatic carbocycles.